The molecule has 0 saturated heterocycles. The molecule has 4 aliphatic carbocycles. The van der Waals surface area contributed by atoms with Crippen molar-refractivity contribution in [2.75, 3.05) is 38.0 Å². The van der Waals surface area contributed by atoms with E-state index in [1.807, 2.05) is 0 Å². The van der Waals surface area contributed by atoms with Gasteiger partial charge in [-0.15, -0.1) is 0 Å². The van der Waals surface area contributed by atoms with E-state index in [4.69, 9.17) is 0 Å². The summed E-state index contributed by atoms with van der Waals surface area (Å²) < 4.78 is 0. The average molecular weight is 581 g/mol. The monoisotopic (exact) mass is 580 g/mol. The Morgan fingerprint density at radius 2 is 1.44 bits per heavy atom. The average Bonchev–Trinajstić information content (AvgIpc) is 3.35. The largest absolute Gasteiger partial charge is 0.393 e. The van der Waals surface area contributed by atoms with E-state index in [-0.39, 0.29) is 6.10 Å². The first-order valence-electron chi connectivity index (χ1n) is 17.1. The maximum atomic E-state index is 10.4. The standard InChI is InChI=1S/C40H56N2O/c1-27(8-18-34(28-9-14-31(15-10-28)41(4)5)29-11-16-32(17-12-29)42(6)7)36-20-21-37-35-19-13-30-26-33(43)22-24-39(30,2)38(35)23-25-40(36,37)3/h9-18,27,33,35-38,43H,8,19-26H2,1-7H3. The summed E-state index contributed by atoms with van der Waals surface area (Å²) >= 11 is 0. The molecule has 3 fully saturated rings. The molecule has 0 aromatic heterocycles. The van der Waals surface area contributed by atoms with E-state index in [0.717, 1.165) is 42.9 Å². The molecule has 1 N–H and O–H groups in total. The normalized spacial score (nSPS) is 33.9. The minimum Gasteiger partial charge on any atom is -0.393 e. The number of allylic oxidation sites excluding steroid dienone is 2. The Labute approximate surface area is 262 Å². The highest BCUT2D eigenvalue weighted by Crippen LogP contribution is 2.67. The Balaban J connectivity index is 1.24. The summed E-state index contributed by atoms with van der Waals surface area (Å²) in [7, 11) is 8.44. The molecular formula is C40H56N2O. The van der Waals surface area contributed by atoms with E-state index < -0.39 is 0 Å². The van der Waals surface area contributed by atoms with Gasteiger partial charge < -0.3 is 14.9 Å². The van der Waals surface area contributed by atoms with E-state index in [1.165, 1.54) is 66.6 Å². The van der Waals surface area contributed by atoms with Crippen molar-refractivity contribution < 1.29 is 5.11 Å². The quantitative estimate of drug-likeness (QED) is 0.331. The second kappa shape index (κ2) is 11.8. The van der Waals surface area contributed by atoms with Crippen molar-refractivity contribution in [3.63, 3.8) is 0 Å². The molecule has 2 aromatic rings. The number of rotatable bonds is 7. The van der Waals surface area contributed by atoms with Gasteiger partial charge in [0.1, 0.15) is 0 Å². The molecule has 2 aromatic carbocycles. The van der Waals surface area contributed by atoms with Crippen LogP contribution in [0.2, 0.25) is 0 Å². The summed E-state index contributed by atoms with van der Waals surface area (Å²) in [6.45, 7) is 7.78. The van der Waals surface area contributed by atoms with Crippen LogP contribution in [0, 0.1) is 40.4 Å². The first-order chi connectivity index (χ1) is 20.5. The van der Waals surface area contributed by atoms with Crippen molar-refractivity contribution in [1.29, 1.82) is 0 Å². The molecule has 0 radical (unpaired) electrons. The van der Waals surface area contributed by atoms with Crippen LogP contribution in [0.1, 0.15) is 89.7 Å². The maximum Gasteiger partial charge on any atom is 0.0577 e. The molecule has 0 bridgehead atoms. The number of fused-ring (bicyclic) bond motifs is 5. The highest BCUT2D eigenvalue weighted by Gasteiger charge is 2.59. The minimum absolute atomic E-state index is 0.115. The summed E-state index contributed by atoms with van der Waals surface area (Å²) in [4.78, 5) is 4.35. The molecule has 8 atom stereocenters. The van der Waals surface area contributed by atoms with Crippen molar-refractivity contribution in [2.24, 2.45) is 40.4 Å². The second-order valence-electron chi connectivity index (χ2n) is 15.6. The molecule has 0 heterocycles. The summed E-state index contributed by atoms with van der Waals surface area (Å²) in [6.07, 6.45) is 16.1. The molecule has 0 spiro atoms. The van der Waals surface area contributed by atoms with E-state index in [9.17, 15) is 5.11 Å². The molecular weight excluding hydrogens is 524 g/mol. The SMILES string of the molecule is CC(CC=C(c1ccc(N(C)C)cc1)c1ccc(N(C)C)cc1)C1CCC2C3CC=C4CC(O)CCC4(C)C3CCC12C. The topological polar surface area (TPSA) is 26.7 Å². The number of hydrogen-bond donors (Lipinski definition) is 1. The maximum absolute atomic E-state index is 10.4. The lowest BCUT2D eigenvalue weighted by Crippen LogP contribution is -2.50. The van der Waals surface area contributed by atoms with Crippen molar-refractivity contribution in [3.8, 4) is 0 Å². The van der Waals surface area contributed by atoms with Gasteiger partial charge in [0.05, 0.1) is 6.10 Å². The number of nitrogens with zero attached hydrogens (tertiary/aromatic N) is 2. The zero-order valence-corrected chi connectivity index (χ0v) is 27.9. The molecule has 232 valence electrons. The first kappa shape index (κ1) is 30.5. The number of benzene rings is 2. The Kier molecular flexibility index (Phi) is 8.35. The number of aliphatic hydroxyl groups is 1. The molecule has 3 nitrogen and oxygen atoms in total. The van der Waals surface area contributed by atoms with Crippen LogP contribution >= 0.6 is 0 Å². The van der Waals surface area contributed by atoms with Gasteiger partial charge in [0.25, 0.3) is 0 Å². The predicted molar refractivity (Wildman–Crippen MR) is 184 cm³/mol. The number of hydrogen-bond acceptors (Lipinski definition) is 3. The van der Waals surface area contributed by atoms with Crippen LogP contribution in [-0.4, -0.2) is 39.4 Å². The fourth-order valence-corrected chi connectivity index (χ4v) is 10.4. The van der Waals surface area contributed by atoms with Crippen molar-refractivity contribution >= 4 is 16.9 Å². The molecule has 0 amide bonds. The van der Waals surface area contributed by atoms with E-state index in [1.54, 1.807) is 5.57 Å². The Morgan fingerprint density at radius 1 is 0.837 bits per heavy atom. The van der Waals surface area contributed by atoms with Gasteiger partial charge in [-0.1, -0.05) is 62.8 Å². The summed E-state index contributed by atoms with van der Waals surface area (Å²) in [5.74, 6) is 3.94. The highest BCUT2D eigenvalue weighted by molar-refractivity contribution is 5.81. The summed E-state index contributed by atoms with van der Waals surface area (Å²) in [5, 5.41) is 10.4. The Hall–Kier alpha value is -2.52. The van der Waals surface area contributed by atoms with Crippen LogP contribution in [0.5, 0.6) is 0 Å². The van der Waals surface area contributed by atoms with Gasteiger partial charge in [-0.3, -0.25) is 0 Å². The van der Waals surface area contributed by atoms with Crippen molar-refractivity contribution in [3.05, 3.63) is 77.4 Å². The Bertz CT molecular complexity index is 1280. The molecule has 0 aliphatic heterocycles. The second-order valence-corrected chi connectivity index (χ2v) is 15.6. The zero-order chi connectivity index (χ0) is 30.5. The zero-order valence-electron chi connectivity index (χ0n) is 27.9. The van der Waals surface area contributed by atoms with Crippen LogP contribution in [0.15, 0.2) is 66.3 Å². The third-order valence-corrected chi connectivity index (χ3v) is 12.9. The molecule has 3 saturated carbocycles. The van der Waals surface area contributed by atoms with Crippen molar-refractivity contribution in [1.82, 2.24) is 0 Å². The van der Waals surface area contributed by atoms with Gasteiger partial charge in [-0.25, -0.2) is 0 Å². The van der Waals surface area contributed by atoms with Crippen LogP contribution in [0.3, 0.4) is 0 Å². The fraction of sp³-hybridized carbons (Fsp3) is 0.600. The lowest BCUT2D eigenvalue weighted by molar-refractivity contribution is -0.0565. The molecule has 4 aliphatic rings. The summed E-state index contributed by atoms with van der Waals surface area (Å²) in [5.41, 5.74) is 8.83. The van der Waals surface area contributed by atoms with E-state index >= 15 is 0 Å². The van der Waals surface area contributed by atoms with Crippen LogP contribution in [0.4, 0.5) is 11.4 Å². The minimum atomic E-state index is -0.115. The van der Waals surface area contributed by atoms with E-state index in [2.05, 4.69) is 119 Å². The molecule has 3 heteroatoms. The number of anilines is 2. The van der Waals surface area contributed by atoms with Gasteiger partial charge >= 0.3 is 0 Å². The predicted octanol–water partition coefficient (Wildman–Crippen LogP) is 9.22. The van der Waals surface area contributed by atoms with Crippen LogP contribution in [-0.2, 0) is 0 Å². The fourth-order valence-electron chi connectivity index (χ4n) is 10.4. The van der Waals surface area contributed by atoms with Gasteiger partial charge in [0, 0.05) is 39.6 Å². The Morgan fingerprint density at radius 3 is 2.02 bits per heavy atom. The molecule has 43 heavy (non-hydrogen) atoms. The molecule has 8 unspecified atom stereocenters. The van der Waals surface area contributed by atoms with Crippen molar-refractivity contribution in [2.45, 2.75) is 84.7 Å². The van der Waals surface area contributed by atoms with Gasteiger partial charge in [0.2, 0.25) is 0 Å². The lowest BCUT2D eigenvalue weighted by Gasteiger charge is -2.58. The van der Waals surface area contributed by atoms with Crippen LogP contribution in [0.25, 0.3) is 5.57 Å². The number of aliphatic hydroxyl groups excluding tert-OH is 1. The van der Waals surface area contributed by atoms with Crippen LogP contribution < -0.4 is 9.80 Å². The van der Waals surface area contributed by atoms with Gasteiger partial charge in [-0.2, -0.15) is 0 Å². The smallest absolute Gasteiger partial charge is 0.0577 e. The highest BCUT2D eigenvalue weighted by atomic mass is 16.3. The third kappa shape index (κ3) is 5.49. The third-order valence-electron chi connectivity index (χ3n) is 12.9. The lowest BCUT2D eigenvalue weighted by atomic mass is 9.47. The van der Waals surface area contributed by atoms with E-state index in [0.29, 0.717) is 16.7 Å². The first-order valence-corrected chi connectivity index (χ1v) is 17.1. The summed E-state index contributed by atoms with van der Waals surface area (Å²) in [6, 6.07) is 18.2. The molecule has 6 rings (SSSR count). The van der Waals surface area contributed by atoms with Gasteiger partial charge in [-0.05, 0) is 139 Å². The van der Waals surface area contributed by atoms with Gasteiger partial charge in [0.15, 0.2) is 0 Å².